The maximum absolute atomic E-state index is 11.7. The van der Waals surface area contributed by atoms with Crippen molar-refractivity contribution in [3.8, 4) is 0 Å². The molecule has 0 unspecified atom stereocenters. The summed E-state index contributed by atoms with van der Waals surface area (Å²) in [4.78, 5) is 22.6. The number of carbonyl (C=O) groups excluding carboxylic acids is 1. The summed E-state index contributed by atoms with van der Waals surface area (Å²) in [6.45, 7) is 2.84. The molecule has 1 rings (SSSR count). The zero-order chi connectivity index (χ0) is 12.0. The van der Waals surface area contributed by atoms with Crippen molar-refractivity contribution in [1.29, 1.82) is 0 Å². The maximum atomic E-state index is 11.7. The van der Waals surface area contributed by atoms with Crippen molar-refractivity contribution in [1.82, 2.24) is 10.6 Å². The predicted molar refractivity (Wildman–Crippen MR) is 60.1 cm³/mol. The van der Waals surface area contributed by atoms with Crippen molar-refractivity contribution in [3.05, 3.63) is 0 Å². The molecule has 0 spiro atoms. The second-order valence-electron chi connectivity index (χ2n) is 4.19. The van der Waals surface area contributed by atoms with E-state index in [1.54, 1.807) is 0 Å². The molecule has 92 valence electrons. The van der Waals surface area contributed by atoms with Crippen molar-refractivity contribution >= 4 is 11.9 Å². The van der Waals surface area contributed by atoms with Gasteiger partial charge < -0.3 is 15.7 Å². The number of hydrogen-bond donors (Lipinski definition) is 3. The van der Waals surface area contributed by atoms with E-state index >= 15 is 0 Å². The van der Waals surface area contributed by atoms with Crippen LogP contribution in [0, 0.1) is 0 Å². The molecule has 5 heteroatoms. The molecule has 0 aromatic rings. The lowest BCUT2D eigenvalue weighted by Gasteiger charge is -2.17. The smallest absolute Gasteiger partial charge is 0.326 e. The maximum Gasteiger partial charge on any atom is 0.326 e. The van der Waals surface area contributed by atoms with Gasteiger partial charge in [0, 0.05) is 0 Å². The molecule has 1 saturated heterocycles. The number of carboxylic acid groups (broad SMARTS) is 1. The normalized spacial score (nSPS) is 21.7. The van der Waals surface area contributed by atoms with Crippen molar-refractivity contribution < 1.29 is 14.7 Å². The number of nitrogens with one attached hydrogen (secondary N) is 2. The summed E-state index contributed by atoms with van der Waals surface area (Å²) < 4.78 is 0. The Balaban J connectivity index is 2.40. The third kappa shape index (κ3) is 3.81. The minimum Gasteiger partial charge on any atom is -0.480 e. The predicted octanol–water partition coefficient (Wildman–Crippen LogP) is 0.498. The largest absolute Gasteiger partial charge is 0.480 e. The molecular weight excluding hydrogens is 208 g/mol. The van der Waals surface area contributed by atoms with Crippen molar-refractivity contribution in [2.24, 2.45) is 0 Å². The second-order valence-corrected chi connectivity index (χ2v) is 4.19. The van der Waals surface area contributed by atoms with Gasteiger partial charge in [-0.1, -0.05) is 19.8 Å². The molecule has 0 radical (unpaired) electrons. The minimum atomic E-state index is -0.945. The SMILES string of the molecule is CCCC[C@H](NC(=O)[C@H]1CCCN1)C(=O)O. The topological polar surface area (TPSA) is 78.4 Å². The molecule has 1 fully saturated rings. The molecule has 1 aliphatic heterocycles. The van der Waals surface area contributed by atoms with Gasteiger partial charge in [0.1, 0.15) is 6.04 Å². The standard InChI is InChI=1S/C11H20N2O3/c1-2-3-5-9(11(15)16)13-10(14)8-6-4-7-12-8/h8-9,12H,2-7H2,1H3,(H,13,14)(H,15,16)/t8-,9+/m1/s1. The zero-order valence-corrected chi connectivity index (χ0v) is 9.66. The summed E-state index contributed by atoms with van der Waals surface area (Å²) >= 11 is 0. The molecular formula is C11H20N2O3. The lowest BCUT2D eigenvalue weighted by atomic mass is 10.1. The average Bonchev–Trinajstić information content (AvgIpc) is 2.76. The highest BCUT2D eigenvalue weighted by molar-refractivity contribution is 5.87. The third-order valence-corrected chi connectivity index (χ3v) is 2.84. The Bertz CT molecular complexity index is 250. The van der Waals surface area contributed by atoms with E-state index in [9.17, 15) is 9.59 Å². The fourth-order valence-electron chi connectivity index (χ4n) is 1.85. The molecule has 1 amide bonds. The highest BCUT2D eigenvalue weighted by Gasteiger charge is 2.26. The third-order valence-electron chi connectivity index (χ3n) is 2.84. The Hall–Kier alpha value is -1.10. The highest BCUT2D eigenvalue weighted by Crippen LogP contribution is 2.07. The van der Waals surface area contributed by atoms with E-state index in [4.69, 9.17) is 5.11 Å². The van der Waals surface area contributed by atoms with Gasteiger partial charge in [0.15, 0.2) is 0 Å². The average molecular weight is 228 g/mol. The van der Waals surface area contributed by atoms with Crippen LogP contribution in [0.3, 0.4) is 0 Å². The molecule has 0 aromatic heterocycles. The number of carbonyl (C=O) groups is 2. The number of carboxylic acids is 1. The first-order valence-electron chi connectivity index (χ1n) is 5.91. The fourth-order valence-corrected chi connectivity index (χ4v) is 1.85. The van der Waals surface area contributed by atoms with Gasteiger partial charge >= 0.3 is 5.97 Å². The summed E-state index contributed by atoms with van der Waals surface area (Å²) in [6.07, 6.45) is 4.03. The van der Waals surface area contributed by atoms with Crippen LogP contribution in [-0.2, 0) is 9.59 Å². The Kier molecular flexibility index (Phi) is 5.25. The van der Waals surface area contributed by atoms with Gasteiger partial charge in [0.05, 0.1) is 6.04 Å². The Labute approximate surface area is 95.6 Å². The molecule has 1 heterocycles. The zero-order valence-electron chi connectivity index (χ0n) is 9.66. The van der Waals surface area contributed by atoms with Crippen LogP contribution >= 0.6 is 0 Å². The van der Waals surface area contributed by atoms with Crippen LogP contribution in [0.5, 0.6) is 0 Å². The van der Waals surface area contributed by atoms with Crippen molar-refractivity contribution in [3.63, 3.8) is 0 Å². The van der Waals surface area contributed by atoms with E-state index < -0.39 is 12.0 Å². The summed E-state index contributed by atoms with van der Waals surface area (Å²) in [5, 5.41) is 14.6. The molecule has 1 aliphatic rings. The molecule has 16 heavy (non-hydrogen) atoms. The number of rotatable bonds is 6. The molecule has 0 aliphatic carbocycles. The molecule has 0 aromatic carbocycles. The van der Waals surface area contributed by atoms with Crippen LogP contribution in [0.1, 0.15) is 39.0 Å². The van der Waals surface area contributed by atoms with Crippen LogP contribution in [0.15, 0.2) is 0 Å². The Morgan fingerprint density at radius 3 is 2.81 bits per heavy atom. The number of hydrogen-bond acceptors (Lipinski definition) is 3. The lowest BCUT2D eigenvalue weighted by Crippen LogP contribution is -2.48. The molecule has 2 atom stereocenters. The highest BCUT2D eigenvalue weighted by atomic mass is 16.4. The van der Waals surface area contributed by atoms with Gasteiger partial charge in [0.25, 0.3) is 0 Å². The molecule has 3 N–H and O–H groups in total. The van der Waals surface area contributed by atoms with Gasteiger partial charge in [-0.2, -0.15) is 0 Å². The van der Waals surface area contributed by atoms with Crippen LogP contribution in [0.25, 0.3) is 0 Å². The van der Waals surface area contributed by atoms with Gasteiger partial charge in [-0.05, 0) is 25.8 Å². The molecule has 5 nitrogen and oxygen atoms in total. The monoisotopic (exact) mass is 228 g/mol. The van der Waals surface area contributed by atoms with Crippen LogP contribution < -0.4 is 10.6 Å². The van der Waals surface area contributed by atoms with E-state index in [2.05, 4.69) is 10.6 Å². The van der Waals surface area contributed by atoms with Crippen LogP contribution in [-0.4, -0.2) is 35.6 Å². The first kappa shape index (κ1) is 13.0. The first-order valence-corrected chi connectivity index (χ1v) is 5.91. The van der Waals surface area contributed by atoms with E-state index in [-0.39, 0.29) is 11.9 Å². The van der Waals surface area contributed by atoms with Crippen LogP contribution in [0.4, 0.5) is 0 Å². The van der Waals surface area contributed by atoms with Gasteiger partial charge in [0.2, 0.25) is 5.91 Å². The molecule has 0 saturated carbocycles. The van der Waals surface area contributed by atoms with Gasteiger partial charge in [-0.15, -0.1) is 0 Å². The summed E-state index contributed by atoms with van der Waals surface area (Å²) in [5.41, 5.74) is 0. The van der Waals surface area contributed by atoms with E-state index in [1.165, 1.54) is 0 Å². The van der Waals surface area contributed by atoms with Crippen molar-refractivity contribution in [2.75, 3.05) is 6.54 Å². The second kappa shape index (κ2) is 6.48. The minimum absolute atomic E-state index is 0.180. The Morgan fingerprint density at radius 2 is 2.31 bits per heavy atom. The van der Waals surface area contributed by atoms with Gasteiger partial charge in [-0.25, -0.2) is 4.79 Å². The number of unbranched alkanes of at least 4 members (excludes halogenated alkanes) is 1. The van der Waals surface area contributed by atoms with E-state index in [0.29, 0.717) is 6.42 Å². The fraction of sp³-hybridized carbons (Fsp3) is 0.818. The quantitative estimate of drug-likeness (QED) is 0.618. The molecule has 0 bridgehead atoms. The number of aliphatic carboxylic acids is 1. The number of amides is 1. The van der Waals surface area contributed by atoms with Gasteiger partial charge in [-0.3, -0.25) is 4.79 Å². The summed E-state index contributed by atoms with van der Waals surface area (Å²) in [7, 11) is 0. The van der Waals surface area contributed by atoms with E-state index in [1.807, 2.05) is 6.92 Å². The van der Waals surface area contributed by atoms with Crippen LogP contribution in [0.2, 0.25) is 0 Å². The summed E-state index contributed by atoms with van der Waals surface area (Å²) in [6, 6.07) is -0.946. The lowest BCUT2D eigenvalue weighted by molar-refractivity contribution is -0.142. The van der Waals surface area contributed by atoms with E-state index in [0.717, 1.165) is 32.2 Å². The van der Waals surface area contributed by atoms with Crippen molar-refractivity contribution in [2.45, 2.75) is 51.1 Å². The summed E-state index contributed by atoms with van der Waals surface area (Å²) in [5.74, 6) is -1.12. The first-order chi connectivity index (χ1) is 7.65. The Morgan fingerprint density at radius 1 is 1.56 bits per heavy atom.